The second kappa shape index (κ2) is 15.8. The van der Waals surface area contributed by atoms with Crippen LogP contribution in [0.1, 0.15) is 35.6 Å². The number of amides is 2. The van der Waals surface area contributed by atoms with E-state index in [9.17, 15) is 18.0 Å². The highest BCUT2D eigenvalue weighted by molar-refractivity contribution is 7.92. The van der Waals surface area contributed by atoms with E-state index in [0.29, 0.717) is 35.0 Å². The molecule has 0 spiro atoms. The van der Waals surface area contributed by atoms with Crippen molar-refractivity contribution in [2.24, 2.45) is 0 Å². The van der Waals surface area contributed by atoms with Gasteiger partial charge in [0.25, 0.3) is 10.0 Å². The summed E-state index contributed by atoms with van der Waals surface area (Å²) in [5, 5.41) is 3.39. The smallest absolute Gasteiger partial charge is 0.264 e. The second-order valence-electron chi connectivity index (χ2n) is 11.1. The van der Waals surface area contributed by atoms with E-state index in [1.165, 1.54) is 17.0 Å². The molecule has 4 aromatic carbocycles. The highest BCUT2D eigenvalue weighted by Crippen LogP contribution is 2.30. The van der Waals surface area contributed by atoms with Gasteiger partial charge in [0.2, 0.25) is 11.8 Å². The number of sulfonamides is 1. The maximum Gasteiger partial charge on any atom is 0.264 e. The number of benzene rings is 4. The molecule has 0 heterocycles. The summed E-state index contributed by atoms with van der Waals surface area (Å²) in [5.41, 5.74) is 3.38. The van der Waals surface area contributed by atoms with Crippen molar-refractivity contribution < 1.29 is 22.7 Å². The molecule has 4 rings (SSSR count). The lowest BCUT2D eigenvalue weighted by atomic mass is 10.0. The number of nitrogens with zero attached hydrogens (tertiary/aromatic N) is 2. The summed E-state index contributed by atoms with van der Waals surface area (Å²) in [4.78, 5) is 29.9. The second-order valence-corrected chi connectivity index (χ2v) is 13.4. The van der Waals surface area contributed by atoms with Crippen LogP contribution in [0.5, 0.6) is 5.75 Å². The molecule has 10 heteroatoms. The van der Waals surface area contributed by atoms with Gasteiger partial charge in [-0.2, -0.15) is 0 Å². The van der Waals surface area contributed by atoms with Crippen LogP contribution in [0.25, 0.3) is 0 Å². The van der Waals surface area contributed by atoms with Crippen LogP contribution >= 0.6 is 11.6 Å². The molecule has 0 saturated heterocycles. The van der Waals surface area contributed by atoms with Gasteiger partial charge in [-0.3, -0.25) is 13.9 Å². The topological polar surface area (TPSA) is 96.0 Å². The third-order valence-electron chi connectivity index (χ3n) is 7.62. The van der Waals surface area contributed by atoms with Crippen LogP contribution in [0, 0.1) is 13.8 Å². The molecular weight excluding hydrogens is 622 g/mol. The number of rotatable bonds is 14. The minimum absolute atomic E-state index is 0.0427. The van der Waals surface area contributed by atoms with E-state index < -0.39 is 28.5 Å². The van der Waals surface area contributed by atoms with Gasteiger partial charge < -0.3 is 15.0 Å². The van der Waals surface area contributed by atoms with Crippen molar-refractivity contribution in [2.75, 3.05) is 24.5 Å². The van der Waals surface area contributed by atoms with Gasteiger partial charge >= 0.3 is 0 Å². The Labute approximate surface area is 277 Å². The van der Waals surface area contributed by atoms with Crippen LogP contribution in [0.4, 0.5) is 5.69 Å². The fraction of sp³-hybridized carbons (Fsp3) is 0.278. The molecule has 0 saturated carbocycles. The van der Waals surface area contributed by atoms with E-state index in [0.717, 1.165) is 21.0 Å². The number of aryl methyl sites for hydroxylation is 2. The largest absolute Gasteiger partial charge is 0.497 e. The number of nitrogens with one attached hydrogen (secondary N) is 1. The summed E-state index contributed by atoms with van der Waals surface area (Å²) in [6, 6.07) is 27.1. The van der Waals surface area contributed by atoms with Crippen LogP contribution < -0.4 is 14.4 Å². The highest BCUT2D eigenvalue weighted by atomic mass is 35.5. The maximum atomic E-state index is 14.6. The number of halogens is 1. The summed E-state index contributed by atoms with van der Waals surface area (Å²) in [6.07, 6.45) is 0.947. The Balaban J connectivity index is 1.83. The van der Waals surface area contributed by atoms with Gasteiger partial charge in [-0.15, -0.1) is 0 Å². The predicted molar refractivity (Wildman–Crippen MR) is 183 cm³/mol. The van der Waals surface area contributed by atoms with Crippen molar-refractivity contribution in [2.45, 2.75) is 51.1 Å². The summed E-state index contributed by atoms with van der Waals surface area (Å²) < 4.78 is 35.0. The van der Waals surface area contributed by atoms with Crippen LogP contribution in [0.15, 0.2) is 102 Å². The summed E-state index contributed by atoms with van der Waals surface area (Å²) >= 11 is 6.24. The monoisotopic (exact) mass is 661 g/mol. The van der Waals surface area contributed by atoms with Crippen molar-refractivity contribution >= 4 is 39.1 Å². The molecule has 0 aliphatic heterocycles. The van der Waals surface area contributed by atoms with Crippen molar-refractivity contribution in [1.82, 2.24) is 10.2 Å². The Morgan fingerprint density at radius 1 is 0.891 bits per heavy atom. The van der Waals surface area contributed by atoms with Gasteiger partial charge in [0.1, 0.15) is 18.3 Å². The van der Waals surface area contributed by atoms with Gasteiger partial charge in [-0.25, -0.2) is 8.42 Å². The Morgan fingerprint density at radius 3 is 2.24 bits per heavy atom. The number of anilines is 1. The van der Waals surface area contributed by atoms with Gasteiger partial charge in [-0.1, -0.05) is 78.7 Å². The highest BCUT2D eigenvalue weighted by Gasteiger charge is 2.35. The van der Waals surface area contributed by atoms with Crippen LogP contribution in [-0.4, -0.2) is 51.4 Å². The summed E-state index contributed by atoms with van der Waals surface area (Å²) in [5.74, 6) is -0.265. The third kappa shape index (κ3) is 8.68. The molecule has 0 fully saturated rings. The van der Waals surface area contributed by atoms with Crippen LogP contribution in [0.3, 0.4) is 0 Å². The quantitative estimate of drug-likeness (QED) is 0.171. The van der Waals surface area contributed by atoms with E-state index in [1.54, 1.807) is 56.5 Å². The minimum atomic E-state index is -4.22. The Bertz CT molecular complexity index is 1750. The Morgan fingerprint density at radius 2 is 1.59 bits per heavy atom. The first-order valence-electron chi connectivity index (χ1n) is 15.1. The first kappa shape index (κ1) is 34.5. The minimum Gasteiger partial charge on any atom is -0.497 e. The van der Waals surface area contributed by atoms with E-state index in [1.807, 2.05) is 56.3 Å². The van der Waals surface area contributed by atoms with E-state index in [4.69, 9.17) is 16.3 Å². The fourth-order valence-electron chi connectivity index (χ4n) is 5.14. The van der Waals surface area contributed by atoms with Gasteiger partial charge in [-0.05, 0) is 79.4 Å². The van der Waals surface area contributed by atoms with Crippen molar-refractivity contribution in [1.29, 1.82) is 0 Å². The lowest BCUT2D eigenvalue weighted by Gasteiger charge is -2.34. The zero-order chi connectivity index (χ0) is 33.3. The number of carbonyl (C=O) groups is 2. The molecule has 242 valence electrons. The molecule has 1 atom stereocenters. The number of methoxy groups -OCH3 is 1. The number of hydrogen-bond donors (Lipinski definition) is 1. The SMILES string of the molecule is CCCNC(=O)[C@@H](Cc1ccccc1)N(Cc1cccc(OC)c1)C(=O)CN(c1ccc(Cl)cc1C)S(=O)(=O)c1ccc(C)cc1. The van der Waals surface area contributed by atoms with Gasteiger partial charge in [0.05, 0.1) is 17.7 Å². The lowest BCUT2D eigenvalue weighted by molar-refractivity contribution is -0.140. The molecule has 4 aromatic rings. The maximum absolute atomic E-state index is 14.6. The lowest BCUT2D eigenvalue weighted by Crippen LogP contribution is -2.53. The van der Waals surface area contributed by atoms with E-state index in [2.05, 4.69) is 5.32 Å². The summed E-state index contributed by atoms with van der Waals surface area (Å²) in [6.45, 7) is 5.50. The molecule has 0 aliphatic carbocycles. The molecule has 0 aromatic heterocycles. The zero-order valence-corrected chi connectivity index (χ0v) is 28.1. The van der Waals surface area contributed by atoms with Crippen LogP contribution in [0.2, 0.25) is 5.02 Å². The molecule has 0 aliphatic rings. The predicted octanol–water partition coefficient (Wildman–Crippen LogP) is 6.33. The third-order valence-corrected chi connectivity index (χ3v) is 9.63. The average molecular weight is 662 g/mol. The van der Waals surface area contributed by atoms with Crippen molar-refractivity contribution in [3.8, 4) is 5.75 Å². The normalized spacial score (nSPS) is 11.8. The molecule has 0 bridgehead atoms. The molecule has 0 radical (unpaired) electrons. The van der Waals surface area contributed by atoms with Crippen molar-refractivity contribution in [3.63, 3.8) is 0 Å². The molecule has 0 unspecified atom stereocenters. The summed E-state index contributed by atoms with van der Waals surface area (Å²) in [7, 11) is -2.66. The first-order chi connectivity index (χ1) is 22.0. The zero-order valence-electron chi connectivity index (χ0n) is 26.6. The standard InChI is InChI=1S/C36H40ClN3O5S/c1-5-20-38-36(42)34(23-28-10-7-6-8-11-28)39(24-29-12-9-13-31(22-29)45-4)35(41)25-40(33-19-16-30(37)21-27(33)3)46(43,44)32-17-14-26(2)15-18-32/h6-19,21-22,34H,5,20,23-25H2,1-4H3,(H,38,42)/t34-/m1/s1. The van der Waals surface area contributed by atoms with Crippen LogP contribution in [-0.2, 0) is 32.6 Å². The number of ether oxygens (including phenoxy) is 1. The first-order valence-corrected chi connectivity index (χ1v) is 16.9. The Hall–Kier alpha value is -4.34. The number of carbonyl (C=O) groups excluding carboxylic acids is 2. The molecule has 46 heavy (non-hydrogen) atoms. The van der Waals surface area contributed by atoms with E-state index in [-0.39, 0.29) is 23.8 Å². The Kier molecular flexibility index (Phi) is 11.8. The fourth-order valence-corrected chi connectivity index (χ4v) is 6.84. The number of hydrogen-bond acceptors (Lipinski definition) is 5. The molecule has 2 amide bonds. The molecule has 8 nitrogen and oxygen atoms in total. The average Bonchev–Trinajstić information content (AvgIpc) is 3.05. The van der Waals surface area contributed by atoms with Gasteiger partial charge in [0.15, 0.2) is 0 Å². The van der Waals surface area contributed by atoms with E-state index >= 15 is 0 Å². The molecular formula is C36H40ClN3O5S. The van der Waals surface area contributed by atoms with Crippen molar-refractivity contribution in [3.05, 3.63) is 124 Å². The van der Waals surface area contributed by atoms with Gasteiger partial charge in [0, 0.05) is 24.5 Å². The molecule has 1 N–H and O–H groups in total.